The van der Waals surface area contributed by atoms with Crippen LogP contribution in [0.15, 0.2) is 47.4 Å². The first-order chi connectivity index (χ1) is 9.77. The number of hydrogen-bond acceptors (Lipinski definition) is 6. The Morgan fingerprint density at radius 2 is 1.81 bits per heavy atom. The van der Waals surface area contributed by atoms with E-state index in [9.17, 15) is 18.5 Å². The number of benzene rings is 2. The van der Waals surface area contributed by atoms with Crippen molar-refractivity contribution in [2.24, 2.45) is 0 Å². The third kappa shape index (κ3) is 3.48. The van der Waals surface area contributed by atoms with Gasteiger partial charge in [0.15, 0.2) is 9.84 Å². The second-order valence-electron chi connectivity index (χ2n) is 4.33. The van der Waals surface area contributed by atoms with Crippen LogP contribution in [-0.2, 0) is 9.84 Å². The minimum atomic E-state index is -3.34. The van der Waals surface area contributed by atoms with E-state index in [4.69, 9.17) is 10.5 Å². The average molecular weight is 308 g/mol. The van der Waals surface area contributed by atoms with Gasteiger partial charge in [-0.15, -0.1) is 0 Å². The number of nitrogen functional groups attached to an aromatic ring is 1. The van der Waals surface area contributed by atoms with E-state index in [-0.39, 0.29) is 22.0 Å². The first-order valence-corrected chi connectivity index (χ1v) is 7.68. The maximum absolute atomic E-state index is 11.5. The van der Waals surface area contributed by atoms with E-state index in [0.717, 1.165) is 6.26 Å². The molecule has 0 saturated carbocycles. The Bertz CT molecular complexity index is 802. The lowest BCUT2D eigenvalue weighted by atomic mass is 10.2. The van der Waals surface area contributed by atoms with Gasteiger partial charge in [0.1, 0.15) is 17.2 Å². The highest BCUT2D eigenvalue weighted by Gasteiger charge is 2.13. The molecule has 2 aromatic carbocycles. The predicted octanol–water partition coefficient (Wildman–Crippen LogP) is 2.37. The molecule has 2 N–H and O–H groups in total. The molecule has 2 aromatic rings. The summed E-state index contributed by atoms with van der Waals surface area (Å²) in [4.78, 5) is 10.2. The molecule has 0 fully saturated rings. The molecule has 0 amide bonds. The molecule has 0 aliphatic heterocycles. The topological polar surface area (TPSA) is 113 Å². The van der Waals surface area contributed by atoms with Crippen LogP contribution in [0.25, 0.3) is 0 Å². The SMILES string of the molecule is CS(=O)(=O)c1cccc(Oc2ccc([N+](=O)[O-])c(N)c2)c1. The molecule has 0 heterocycles. The molecule has 0 saturated heterocycles. The minimum absolute atomic E-state index is 0.0308. The number of sulfone groups is 1. The third-order valence-electron chi connectivity index (χ3n) is 2.67. The molecule has 110 valence electrons. The molecular formula is C13H12N2O5S. The molecule has 0 unspecified atom stereocenters. The number of ether oxygens (including phenoxy) is 1. The van der Waals surface area contributed by atoms with Gasteiger partial charge in [-0.05, 0) is 24.3 Å². The van der Waals surface area contributed by atoms with Crippen molar-refractivity contribution in [3.05, 3.63) is 52.6 Å². The van der Waals surface area contributed by atoms with E-state index in [0.29, 0.717) is 5.75 Å². The number of nitrogens with two attached hydrogens (primary N) is 1. The Morgan fingerprint density at radius 1 is 1.14 bits per heavy atom. The Kier molecular flexibility index (Phi) is 3.81. The van der Waals surface area contributed by atoms with Crippen LogP contribution >= 0.6 is 0 Å². The maximum Gasteiger partial charge on any atom is 0.292 e. The fourth-order valence-corrected chi connectivity index (χ4v) is 2.32. The molecule has 0 aromatic heterocycles. The van der Waals surface area contributed by atoms with Crippen molar-refractivity contribution in [3.8, 4) is 11.5 Å². The van der Waals surface area contributed by atoms with E-state index in [1.807, 2.05) is 0 Å². The van der Waals surface area contributed by atoms with Crippen molar-refractivity contribution in [3.63, 3.8) is 0 Å². The van der Waals surface area contributed by atoms with Gasteiger partial charge in [-0.25, -0.2) is 8.42 Å². The van der Waals surface area contributed by atoms with Gasteiger partial charge in [-0.2, -0.15) is 0 Å². The molecule has 0 atom stereocenters. The molecule has 0 bridgehead atoms. The maximum atomic E-state index is 11.5. The van der Waals surface area contributed by atoms with Crippen molar-refractivity contribution >= 4 is 21.2 Å². The van der Waals surface area contributed by atoms with Crippen LogP contribution in [0.1, 0.15) is 0 Å². The van der Waals surface area contributed by atoms with Crippen molar-refractivity contribution in [2.75, 3.05) is 12.0 Å². The standard InChI is InChI=1S/C13H12N2O5S/c1-21(18,19)11-4-2-3-9(7-11)20-10-5-6-13(15(16)17)12(14)8-10/h2-8H,14H2,1H3. The second-order valence-corrected chi connectivity index (χ2v) is 6.34. The molecule has 7 nitrogen and oxygen atoms in total. The van der Waals surface area contributed by atoms with Crippen LogP contribution in [0.2, 0.25) is 0 Å². The molecule has 0 spiro atoms. The highest BCUT2D eigenvalue weighted by molar-refractivity contribution is 7.90. The fraction of sp³-hybridized carbons (Fsp3) is 0.0769. The number of nitro benzene ring substituents is 1. The molecule has 21 heavy (non-hydrogen) atoms. The third-order valence-corrected chi connectivity index (χ3v) is 3.78. The largest absolute Gasteiger partial charge is 0.457 e. The highest BCUT2D eigenvalue weighted by atomic mass is 32.2. The van der Waals surface area contributed by atoms with E-state index < -0.39 is 14.8 Å². The van der Waals surface area contributed by atoms with E-state index >= 15 is 0 Å². The van der Waals surface area contributed by atoms with Crippen LogP contribution in [0.4, 0.5) is 11.4 Å². The van der Waals surface area contributed by atoms with Gasteiger partial charge < -0.3 is 10.5 Å². The van der Waals surface area contributed by atoms with Crippen molar-refractivity contribution in [1.82, 2.24) is 0 Å². The van der Waals surface area contributed by atoms with Crippen LogP contribution in [0, 0.1) is 10.1 Å². The summed E-state index contributed by atoms with van der Waals surface area (Å²) in [6.07, 6.45) is 1.09. The van der Waals surface area contributed by atoms with Crippen molar-refractivity contribution < 1.29 is 18.1 Å². The number of anilines is 1. The Labute approximate surface area is 121 Å². The van der Waals surface area contributed by atoms with Gasteiger partial charge in [-0.1, -0.05) is 6.07 Å². The van der Waals surface area contributed by atoms with E-state index in [2.05, 4.69) is 0 Å². The van der Waals surface area contributed by atoms with Gasteiger partial charge in [0, 0.05) is 18.4 Å². The average Bonchev–Trinajstić information content (AvgIpc) is 2.37. The van der Waals surface area contributed by atoms with Crippen LogP contribution in [0.5, 0.6) is 11.5 Å². The Morgan fingerprint density at radius 3 is 2.38 bits per heavy atom. The van der Waals surface area contributed by atoms with Crippen molar-refractivity contribution in [1.29, 1.82) is 0 Å². The fourth-order valence-electron chi connectivity index (χ4n) is 1.67. The normalized spacial score (nSPS) is 11.1. The van der Waals surface area contributed by atoms with Gasteiger partial charge >= 0.3 is 0 Å². The van der Waals surface area contributed by atoms with Gasteiger partial charge in [0.05, 0.1) is 9.82 Å². The minimum Gasteiger partial charge on any atom is -0.457 e. The molecule has 0 aliphatic carbocycles. The highest BCUT2D eigenvalue weighted by Crippen LogP contribution is 2.30. The van der Waals surface area contributed by atoms with Gasteiger partial charge in [0.2, 0.25) is 0 Å². The van der Waals surface area contributed by atoms with Crippen molar-refractivity contribution in [2.45, 2.75) is 4.90 Å². The molecule has 8 heteroatoms. The zero-order chi connectivity index (χ0) is 15.6. The zero-order valence-electron chi connectivity index (χ0n) is 11.0. The second kappa shape index (κ2) is 5.41. The molecule has 0 radical (unpaired) electrons. The number of hydrogen-bond donors (Lipinski definition) is 1. The summed E-state index contributed by atoms with van der Waals surface area (Å²) in [7, 11) is -3.34. The lowest BCUT2D eigenvalue weighted by Crippen LogP contribution is -1.98. The summed E-state index contributed by atoms with van der Waals surface area (Å²) in [6, 6.07) is 9.87. The van der Waals surface area contributed by atoms with Gasteiger partial charge in [0.25, 0.3) is 5.69 Å². The lowest BCUT2D eigenvalue weighted by Gasteiger charge is -2.07. The zero-order valence-corrected chi connectivity index (χ0v) is 11.8. The lowest BCUT2D eigenvalue weighted by molar-refractivity contribution is -0.383. The summed E-state index contributed by atoms with van der Waals surface area (Å²) in [5, 5.41) is 10.7. The monoisotopic (exact) mass is 308 g/mol. The quantitative estimate of drug-likeness (QED) is 0.527. The molecule has 0 aliphatic rings. The summed E-state index contributed by atoms with van der Waals surface area (Å²) >= 11 is 0. The number of nitrogens with zero attached hydrogens (tertiary/aromatic N) is 1. The van der Waals surface area contributed by atoms with Crippen LogP contribution in [-0.4, -0.2) is 19.6 Å². The Balaban J connectivity index is 2.31. The predicted molar refractivity (Wildman–Crippen MR) is 77.1 cm³/mol. The van der Waals surface area contributed by atoms with E-state index in [1.165, 1.54) is 30.3 Å². The first-order valence-electron chi connectivity index (χ1n) is 5.79. The summed E-state index contributed by atoms with van der Waals surface area (Å²) in [6.45, 7) is 0. The van der Waals surface area contributed by atoms with Crippen LogP contribution < -0.4 is 10.5 Å². The smallest absolute Gasteiger partial charge is 0.292 e. The summed E-state index contributed by atoms with van der Waals surface area (Å²) < 4.78 is 28.4. The molecule has 2 rings (SSSR count). The summed E-state index contributed by atoms with van der Waals surface area (Å²) in [5.74, 6) is 0.579. The van der Waals surface area contributed by atoms with E-state index in [1.54, 1.807) is 12.1 Å². The first kappa shape index (κ1) is 14.8. The number of rotatable bonds is 4. The van der Waals surface area contributed by atoms with Crippen LogP contribution in [0.3, 0.4) is 0 Å². The molecular weight excluding hydrogens is 296 g/mol. The number of nitro groups is 1. The van der Waals surface area contributed by atoms with Gasteiger partial charge in [-0.3, -0.25) is 10.1 Å². The summed E-state index contributed by atoms with van der Waals surface area (Å²) in [5.41, 5.74) is 5.31. The Hall–Kier alpha value is -2.61.